The van der Waals surface area contributed by atoms with Gasteiger partial charge < -0.3 is 9.14 Å². The van der Waals surface area contributed by atoms with Gasteiger partial charge in [-0.1, -0.05) is 32.0 Å². The summed E-state index contributed by atoms with van der Waals surface area (Å²) >= 11 is 0. The van der Waals surface area contributed by atoms with Gasteiger partial charge in [0, 0.05) is 27.9 Å². The Balaban J connectivity index is 1.89. The Bertz CT molecular complexity index is 1630. The summed E-state index contributed by atoms with van der Waals surface area (Å²) in [5, 5.41) is 2.64. The Hall–Kier alpha value is -3.80. The maximum Gasteiger partial charge on any atom is 0.356 e. The van der Waals surface area contributed by atoms with E-state index in [-0.39, 0.29) is 11.5 Å². The van der Waals surface area contributed by atoms with Crippen molar-refractivity contribution in [1.29, 1.82) is 0 Å². The summed E-state index contributed by atoms with van der Waals surface area (Å²) in [5.74, 6) is -0.786. The van der Waals surface area contributed by atoms with E-state index < -0.39 is 11.4 Å². The average molecular weight is 411 g/mol. The third-order valence-corrected chi connectivity index (χ3v) is 6.36. The maximum atomic E-state index is 14.1. The number of esters is 1. The van der Waals surface area contributed by atoms with Gasteiger partial charge in [-0.05, 0) is 35.9 Å². The zero-order valence-corrected chi connectivity index (χ0v) is 17.2. The zero-order valence-electron chi connectivity index (χ0n) is 17.2. The molecule has 3 aromatic heterocycles. The molecule has 0 aliphatic carbocycles. The van der Waals surface area contributed by atoms with Crippen molar-refractivity contribution in [2.24, 2.45) is 4.99 Å². The molecule has 0 unspecified atom stereocenters. The minimum Gasteiger partial charge on any atom is -0.464 e. The summed E-state index contributed by atoms with van der Waals surface area (Å²) in [4.78, 5) is 22.0. The quantitative estimate of drug-likeness (QED) is 0.370. The van der Waals surface area contributed by atoms with Crippen LogP contribution in [0.4, 0.5) is 10.1 Å². The molecule has 0 spiro atoms. The third-order valence-electron chi connectivity index (χ3n) is 6.36. The van der Waals surface area contributed by atoms with E-state index in [9.17, 15) is 9.18 Å². The number of aromatic nitrogens is 2. The highest BCUT2D eigenvalue weighted by atomic mass is 19.1. The van der Waals surface area contributed by atoms with E-state index >= 15 is 0 Å². The van der Waals surface area contributed by atoms with Crippen LogP contribution in [-0.2, 0) is 10.2 Å². The fraction of sp³-hybridized carbons (Fsp3) is 0.160. The first kappa shape index (κ1) is 18.0. The number of methoxy groups -OCH3 is 1. The molecule has 152 valence electrons. The molecular weight excluding hydrogens is 393 g/mol. The second-order valence-electron chi connectivity index (χ2n) is 8.42. The van der Waals surface area contributed by atoms with Gasteiger partial charge in [0.2, 0.25) is 0 Å². The predicted molar refractivity (Wildman–Crippen MR) is 116 cm³/mol. The molecule has 0 bridgehead atoms. The van der Waals surface area contributed by atoms with Crippen LogP contribution >= 0.6 is 0 Å². The SMILES string of the molecule is COC(=O)c1cc2c3ccccc3n3cc4c(c(n1)c23)=Nc1ccc(F)cc1C4(C)C. The van der Waals surface area contributed by atoms with Gasteiger partial charge in [0.1, 0.15) is 17.0 Å². The lowest BCUT2D eigenvalue weighted by Crippen LogP contribution is -2.32. The number of nitrogens with zero attached hydrogens (tertiary/aromatic N) is 3. The summed E-state index contributed by atoms with van der Waals surface area (Å²) < 4.78 is 21.2. The molecule has 0 fully saturated rings. The first-order chi connectivity index (χ1) is 14.9. The number of carbonyl (C=O) groups is 1. The number of fused-ring (bicyclic) bond motifs is 6. The fourth-order valence-electron chi connectivity index (χ4n) is 4.79. The van der Waals surface area contributed by atoms with Crippen LogP contribution in [0.25, 0.3) is 27.3 Å². The van der Waals surface area contributed by atoms with Crippen molar-refractivity contribution in [3.05, 3.63) is 82.7 Å². The van der Waals surface area contributed by atoms with Crippen LogP contribution in [0.15, 0.2) is 59.7 Å². The molecular formula is C25H18FN3O2. The lowest BCUT2D eigenvalue weighted by molar-refractivity contribution is 0.0594. The standard InChI is InChI=1S/C25H18FN3O2/c1-25(2)16-10-13(26)8-9-18(16)27-21-17(25)12-29-20-7-5-4-6-14(20)15-11-19(24(30)31-3)28-22(21)23(15)29/h4-12H,1-3H3. The highest BCUT2D eigenvalue weighted by Crippen LogP contribution is 2.41. The summed E-state index contributed by atoms with van der Waals surface area (Å²) in [5.41, 5.74) is 4.73. The van der Waals surface area contributed by atoms with Gasteiger partial charge >= 0.3 is 5.97 Å². The normalized spacial score (nSPS) is 14.5. The van der Waals surface area contributed by atoms with Crippen molar-refractivity contribution in [2.75, 3.05) is 7.11 Å². The Labute approximate surface area is 176 Å². The maximum absolute atomic E-state index is 14.1. The number of carbonyl (C=O) groups excluding carboxylic acids is 1. The molecule has 0 atom stereocenters. The van der Waals surface area contributed by atoms with Crippen molar-refractivity contribution in [1.82, 2.24) is 9.38 Å². The number of halogens is 1. The molecule has 0 saturated heterocycles. The Morgan fingerprint density at radius 3 is 2.68 bits per heavy atom. The van der Waals surface area contributed by atoms with Crippen LogP contribution in [0, 0.1) is 5.82 Å². The van der Waals surface area contributed by atoms with E-state index in [1.807, 2.05) is 24.3 Å². The van der Waals surface area contributed by atoms with Gasteiger partial charge in [-0.3, -0.25) is 0 Å². The molecule has 5 nitrogen and oxygen atoms in total. The van der Waals surface area contributed by atoms with E-state index in [1.54, 1.807) is 18.2 Å². The number of pyridine rings is 2. The minimum atomic E-state index is -0.507. The highest BCUT2D eigenvalue weighted by Gasteiger charge is 2.33. The van der Waals surface area contributed by atoms with Crippen LogP contribution in [-0.4, -0.2) is 22.5 Å². The number of para-hydroxylation sites is 1. The second-order valence-corrected chi connectivity index (χ2v) is 8.42. The van der Waals surface area contributed by atoms with Crippen molar-refractivity contribution < 1.29 is 13.9 Å². The molecule has 31 heavy (non-hydrogen) atoms. The molecule has 2 aromatic carbocycles. The van der Waals surface area contributed by atoms with Crippen LogP contribution in [0.3, 0.4) is 0 Å². The van der Waals surface area contributed by atoms with Crippen molar-refractivity contribution in [3.63, 3.8) is 0 Å². The van der Waals surface area contributed by atoms with Crippen LogP contribution in [0.5, 0.6) is 0 Å². The van der Waals surface area contributed by atoms with E-state index in [1.165, 1.54) is 13.2 Å². The first-order valence-corrected chi connectivity index (χ1v) is 10.0. The summed E-state index contributed by atoms with van der Waals surface area (Å²) in [6.45, 7) is 4.12. The summed E-state index contributed by atoms with van der Waals surface area (Å²) in [6, 6.07) is 14.5. The van der Waals surface area contributed by atoms with Gasteiger partial charge in [0.15, 0.2) is 0 Å². The lowest BCUT2D eigenvalue weighted by Gasteiger charge is -2.31. The van der Waals surface area contributed by atoms with E-state index in [0.717, 1.165) is 32.9 Å². The molecule has 0 saturated carbocycles. The Kier molecular flexibility index (Phi) is 3.41. The minimum absolute atomic E-state index is 0.236. The molecule has 0 amide bonds. The largest absolute Gasteiger partial charge is 0.464 e. The highest BCUT2D eigenvalue weighted by molar-refractivity contribution is 6.14. The van der Waals surface area contributed by atoms with E-state index in [4.69, 9.17) is 14.7 Å². The monoisotopic (exact) mass is 411 g/mol. The van der Waals surface area contributed by atoms with Gasteiger partial charge in [0.05, 0.1) is 29.2 Å². The molecule has 6 heteroatoms. The first-order valence-electron chi connectivity index (χ1n) is 10.0. The smallest absolute Gasteiger partial charge is 0.356 e. The molecule has 5 aromatic rings. The number of hydrogen-bond acceptors (Lipinski definition) is 4. The third kappa shape index (κ3) is 2.27. The van der Waals surface area contributed by atoms with Gasteiger partial charge in [-0.15, -0.1) is 0 Å². The summed E-state index contributed by atoms with van der Waals surface area (Å²) in [7, 11) is 1.35. The molecule has 1 aliphatic heterocycles. The van der Waals surface area contributed by atoms with Crippen molar-refractivity contribution >= 4 is 39.0 Å². The molecule has 0 N–H and O–H groups in total. The second kappa shape index (κ2) is 5.88. The lowest BCUT2D eigenvalue weighted by atomic mass is 9.76. The number of ether oxygens (including phenoxy) is 1. The molecule has 0 radical (unpaired) electrons. The van der Waals surface area contributed by atoms with Gasteiger partial charge in [-0.25, -0.2) is 19.2 Å². The van der Waals surface area contributed by atoms with Crippen molar-refractivity contribution in [2.45, 2.75) is 19.3 Å². The number of hydrogen-bond donors (Lipinski definition) is 0. The topological polar surface area (TPSA) is 56.0 Å². The van der Waals surface area contributed by atoms with Crippen LogP contribution in [0.1, 0.15) is 35.5 Å². The number of benzene rings is 2. The zero-order chi connectivity index (χ0) is 21.5. The molecule has 1 aliphatic rings. The Morgan fingerprint density at radius 2 is 1.87 bits per heavy atom. The molecule has 4 heterocycles. The predicted octanol–water partition coefficient (Wildman–Crippen LogP) is 4.88. The number of rotatable bonds is 1. The van der Waals surface area contributed by atoms with Gasteiger partial charge in [0.25, 0.3) is 0 Å². The van der Waals surface area contributed by atoms with E-state index in [0.29, 0.717) is 16.6 Å². The Morgan fingerprint density at radius 1 is 1.06 bits per heavy atom. The fourth-order valence-corrected chi connectivity index (χ4v) is 4.79. The van der Waals surface area contributed by atoms with Gasteiger partial charge in [-0.2, -0.15) is 0 Å². The molecule has 6 rings (SSSR count). The van der Waals surface area contributed by atoms with Crippen LogP contribution < -0.4 is 5.36 Å². The average Bonchev–Trinajstić information content (AvgIpc) is 3.09. The van der Waals surface area contributed by atoms with E-state index in [2.05, 4.69) is 24.4 Å². The summed E-state index contributed by atoms with van der Waals surface area (Å²) in [6.07, 6.45) is 2.07. The van der Waals surface area contributed by atoms with Crippen LogP contribution in [0.2, 0.25) is 0 Å². The van der Waals surface area contributed by atoms with Crippen molar-refractivity contribution in [3.8, 4) is 0 Å².